The van der Waals surface area contributed by atoms with E-state index in [0.29, 0.717) is 49.7 Å². The summed E-state index contributed by atoms with van der Waals surface area (Å²) >= 11 is 0. The van der Waals surface area contributed by atoms with Gasteiger partial charge in [0.2, 0.25) is 11.8 Å². The highest BCUT2D eigenvalue weighted by molar-refractivity contribution is 7.87. The third kappa shape index (κ3) is 10.6. The fraction of sp³-hybridized carbons (Fsp3) is 0.455. The molecule has 0 spiro atoms. The van der Waals surface area contributed by atoms with Crippen LogP contribution in [0.15, 0.2) is 91.0 Å². The minimum Gasteiger partial charge on any atom is -0.444 e. The molecule has 3 aromatic rings. The van der Waals surface area contributed by atoms with Gasteiger partial charge in [0.25, 0.3) is 16.1 Å². The molecule has 1 saturated heterocycles. The van der Waals surface area contributed by atoms with Crippen LogP contribution in [0.3, 0.4) is 0 Å². The summed E-state index contributed by atoms with van der Waals surface area (Å²) in [6.07, 6.45) is 7.52. The first kappa shape index (κ1) is 44.3. The highest BCUT2D eigenvalue weighted by Crippen LogP contribution is 2.50. The van der Waals surface area contributed by atoms with Crippen molar-refractivity contribution >= 4 is 41.8 Å². The van der Waals surface area contributed by atoms with Crippen molar-refractivity contribution in [3.63, 3.8) is 0 Å². The van der Waals surface area contributed by atoms with Crippen LogP contribution < -0.4 is 28.9 Å². The molecule has 3 aromatic carbocycles. The number of para-hydroxylation sites is 2. The number of allylic oxidation sites excluding steroid dienone is 1. The van der Waals surface area contributed by atoms with Crippen LogP contribution in [-0.4, -0.2) is 78.3 Å². The number of fused-ring (bicyclic) bond motifs is 3. The van der Waals surface area contributed by atoms with Crippen molar-refractivity contribution in [3.8, 4) is 11.5 Å². The lowest BCUT2D eigenvalue weighted by atomic mass is 10.1. The number of halogens is 1. The molecule has 8 rings (SSSR count). The average molecular weight is 907 g/mol. The molecule has 4 amide bonds. The van der Waals surface area contributed by atoms with Crippen LogP contribution in [0.25, 0.3) is 0 Å². The summed E-state index contributed by atoms with van der Waals surface area (Å²) < 4.78 is 78.8. The first-order chi connectivity index (χ1) is 30.3. The van der Waals surface area contributed by atoms with Gasteiger partial charge in [0, 0.05) is 30.5 Å². The first-order valence-corrected chi connectivity index (χ1v) is 24.5. The van der Waals surface area contributed by atoms with E-state index in [2.05, 4.69) is 19.8 Å². The van der Waals surface area contributed by atoms with Crippen molar-refractivity contribution in [1.82, 2.24) is 29.6 Å². The van der Waals surface area contributed by atoms with Crippen LogP contribution in [0.5, 0.6) is 11.5 Å². The Labute approximate surface area is 366 Å². The number of rotatable bonds is 11. The van der Waals surface area contributed by atoms with Gasteiger partial charge in [-0.1, -0.05) is 86.4 Å². The zero-order valence-electron chi connectivity index (χ0n) is 34.7. The van der Waals surface area contributed by atoms with Gasteiger partial charge in [-0.2, -0.15) is 17.9 Å². The third-order valence-electron chi connectivity index (χ3n) is 12.2. The highest BCUT2D eigenvalue weighted by atomic mass is 32.2. The number of ether oxygens (including phenoxy) is 1. The van der Waals surface area contributed by atoms with E-state index >= 15 is 0 Å². The number of hydrogen-bond acceptors (Lipinski definition) is 10. The summed E-state index contributed by atoms with van der Waals surface area (Å²) in [6.45, 7) is -0.197. The lowest BCUT2D eigenvalue weighted by molar-refractivity contribution is -0.141. The lowest BCUT2D eigenvalue weighted by Crippen LogP contribution is -2.58. The fourth-order valence-electron chi connectivity index (χ4n) is 8.88. The van der Waals surface area contributed by atoms with E-state index in [1.165, 1.54) is 15.9 Å². The van der Waals surface area contributed by atoms with Gasteiger partial charge in [0.05, 0.1) is 13.1 Å². The predicted molar refractivity (Wildman–Crippen MR) is 228 cm³/mol. The SMILES string of the molecule is O=C1N[C@]2(C(=O)NP(=O)(Oc3ccccc3)Oc3ccccc3)CC2/C=C\CCCCC[C@H](NS(=O)(=O)NC2CCCC2)C(=O)N2C[C@H](OC(=O)N3Cc4cccc(F)c4C3)C[C@@H]12. The fourth-order valence-corrected chi connectivity index (χ4v) is 11.6. The van der Waals surface area contributed by atoms with E-state index in [4.69, 9.17) is 13.8 Å². The Morgan fingerprint density at radius 1 is 0.841 bits per heavy atom. The predicted octanol–water partition coefficient (Wildman–Crippen LogP) is 5.76. The Morgan fingerprint density at radius 3 is 2.21 bits per heavy atom. The molecule has 63 heavy (non-hydrogen) atoms. The molecule has 3 fully saturated rings. The largest absolute Gasteiger partial charge is 0.543 e. The van der Waals surface area contributed by atoms with E-state index in [-0.39, 0.29) is 56.4 Å². The van der Waals surface area contributed by atoms with Crippen LogP contribution in [-0.2, 0) is 47.0 Å². The molecule has 1 unspecified atom stereocenters. The van der Waals surface area contributed by atoms with Crippen LogP contribution in [0, 0.1) is 11.7 Å². The number of nitrogens with zero attached hydrogens (tertiary/aromatic N) is 2. The van der Waals surface area contributed by atoms with Gasteiger partial charge in [0.15, 0.2) is 0 Å². The zero-order chi connectivity index (χ0) is 44.2. The maximum Gasteiger partial charge on any atom is 0.543 e. The maximum absolute atomic E-state index is 14.7. The van der Waals surface area contributed by atoms with Crippen molar-refractivity contribution in [2.45, 2.75) is 113 Å². The number of benzene rings is 3. The third-order valence-corrected chi connectivity index (χ3v) is 14.9. The van der Waals surface area contributed by atoms with Crippen LogP contribution in [0.2, 0.25) is 0 Å². The van der Waals surface area contributed by atoms with Gasteiger partial charge in [-0.15, -0.1) is 0 Å². The van der Waals surface area contributed by atoms with E-state index in [1.54, 1.807) is 72.8 Å². The summed E-state index contributed by atoms with van der Waals surface area (Å²) in [5.74, 6) is -3.02. The quantitative estimate of drug-likeness (QED) is 0.135. The summed E-state index contributed by atoms with van der Waals surface area (Å²) in [5.41, 5.74) is -0.662. The zero-order valence-corrected chi connectivity index (χ0v) is 36.4. The average Bonchev–Trinajstić information content (AvgIpc) is 3.66. The first-order valence-electron chi connectivity index (χ1n) is 21.5. The molecule has 5 aliphatic rings. The summed E-state index contributed by atoms with van der Waals surface area (Å²) in [7, 11) is -8.70. The molecule has 3 heterocycles. The summed E-state index contributed by atoms with van der Waals surface area (Å²) in [4.78, 5) is 60.0. The van der Waals surface area contributed by atoms with Gasteiger partial charge >= 0.3 is 13.8 Å². The second-order valence-corrected chi connectivity index (χ2v) is 19.9. The lowest BCUT2D eigenvalue weighted by Gasteiger charge is -2.30. The number of carbonyl (C=O) groups excluding carboxylic acids is 4. The number of hydrogen-bond donors (Lipinski definition) is 4. The second-order valence-electron chi connectivity index (χ2n) is 16.8. The Hall–Kier alpha value is -5.29. The standard InChI is InChI=1S/C44H52FN6O10PS/c45-37-23-14-15-30-27-50(29-36(30)37)43(55)59-35-25-39-40(52)46-44(42(54)47-62(56,60-33-19-7-4-8-20-33)61-34-21-9-5-10-22-34)26-31(44)16-6-2-1-3-11-24-38(41(53)51(39)28-35)49-63(57,58)48-32-17-12-13-18-32/h4-10,14-16,19-23,31-32,35,38-39,48-49H,1-3,11-13,17-18,24-29H2,(H,46,52)(H,47,54,56)/b16-6-/t31?,35-,38+,39+,44-/m1/s1. The molecule has 4 N–H and O–H groups in total. The molecule has 5 atom stereocenters. The number of nitrogens with one attached hydrogen (secondary N) is 4. The molecular weight excluding hydrogens is 855 g/mol. The van der Waals surface area contributed by atoms with Crippen molar-refractivity contribution < 1.29 is 50.3 Å². The molecule has 0 aromatic heterocycles. The molecular formula is C44H52FN6O10PS. The second kappa shape index (κ2) is 18.8. The Morgan fingerprint density at radius 2 is 1.52 bits per heavy atom. The van der Waals surface area contributed by atoms with Gasteiger partial charge in [-0.25, -0.2) is 18.8 Å². The van der Waals surface area contributed by atoms with Crippen molar-refractivity contribution in [2.75, 3.05) is 6.54 Å². The smallest absolute Gasteiger partial charge is 0.444 e. The molecule has 19 heteroatoms. The van der Waals surface area contributed by atoms with Gasteiger partial charge in [-0.3, -0.25) is 19.3 Å². The highest BCUT2D eigenvalue weighted by Gasteiger charge is 2.62. The van der Waals surface area contributed by atoms with Crippen LogP contribution in [0.4, 0.5) is 9.18 Å². The Balaban J connectivity index is 1.07. The van der Waals surface area contributed by atoms with Crippen molar-refractivity contribution in [1.29, 1.82) is 0 Å². The molecule has 2 aliphatic carbocycles. The topological polar surface area (TPSA) is 202 Å². The van der Waals surface area contributed by atoms with Crippen LogP contribution in [0.1, 0.15) is 81.8 Å². The van der Waals surface area contributed by atoms with E-state index in [0.717, 1.165) is 12.8 Å². The number of carbonyl (C=O) groups is 4. The van der Waals surface area contributed by atoms with Gasteiger partial charge < -0.3 is 24.0 Å². The molecule has 336 valence electrons. The van der Waals surface area contributed by atoms with Gasteiger partial charge in [-0.05, 0) is 74.4 Å². The van der Waals surface area contributed by atoms with E-state index < -0.39 is 77.2 Å². The van der Waals surface area contributed by atoms with Gasteiger partial charge in [0.1, 0.15) is 41.0 Å². The number of amides is 4. The molecule has 0 bridgehead atoms. The van der Waals surface area contributed by atoms with E-state index in [9.17, 15) is 36.6 Å². The van der Waals surface area contributed by atoms with E-state index in [1.807, 2.05) is 12.2 Å². The normalized spacial score (nSPS) is 26.0. The maximum atomic E-state index is 14.7. The van der Waals surface area contributed by atoms with Crippen LogP contribution >= 0.6 is 7.75 Å². The molecule has 3 aliphatic heterocycles. The molecule has 0 radical (unpaired) electrons. The Bertz CT molecular complexity index is 2330. The summed E-state index contributed by atoms with van der Waals surface area (Å²) in [5, 5.41) is 5.34. The monoisotopic (exact) mass is 906 g/mol. The van der Waals surface area contributed by atoms with Crippen molar-refractivity contribution in [3.05, 3.63) is 108 Å². The molecule has 16 nitrogen and oxygen atoms in total. The Kier molecular flexibility index (Phi) is 13.2. The van der Waals surface area contributed by atoms with Crippen molar-refractivity contribution in [2.24, 2.45) is 5.92 Å². The summed E-state index contributed by atoms with van der Waals surface area (Å²) in [6, 6.07) is 18.0. The minimum atomic E-state index is -4.53. The minimum absolute atomic E-state index is 0.0314. The molecule has 2 saturated carbocycles.